The zero-order valence-electron chi connectivity index (χ0n) is 14.5. The Kier molecular flexibility index (Phi) is 8.34. The highest BCUT2D eigenvalue weighted by Crippen LogP contribution is 2.20. The fourth-order valence-corrected chi connectivity index (χ4v) is 2.31. The Labute approximate surface area is 160 Å². The van der Waals surface area contributed by atoms with Gasteiger partial charge in [0.2, 0.25) is 5.91 Å². The van der Waals surface area contributed by atoms with Gasteiger partial charge >= 0.3 is 5.97 Å². The van der Waals surface area contributed by atoms with Gasteiger partial charge < -0.3 is 20.3 Å². The van der Waals surface area contributed by atoms with E-state index in [1.165, 1.54) is 44.1 Å². The van der Waals surface area contributed by atoms with Crippen LogP contribution in [0, 0.1) is 0 Å². The average molecular weight is 404 g/mol. The van der Waals surface area contributed by atoms with Crippen molar-refractivity contribution < 1.29 is 23.9 Å². The number of hydrogen-bond acceptors (Lipinski definition) is 5. The van der Waals surface area contributed by atoms with Crippen LogP contribution in [0.15, 0.2) is 18.2 Å². The van der Waals surface area contributed by atoms with Crippen molar-refractivity contribution in [3.63, 3.8) is 0 Å². The number of nitrogens with zero attached hydrogens (tertiary/aromatic N) is 1. The van der Waals surface area contributed by atoms with E-state index in [2.05, 4.69) is 10.6 Å². The summed E-state index contributed by atoms with van der Waals surface area (Å²) in [5, 5.41) is 5.18. The number of rotatable bonds is 7. The fraction of sp³-hybridized carbons (Fsp3) is 0.375. The quantitative estimate of drug-likeness (QED) is 0.656. The third-order valence-corrected chi connectivity index (χ3v) is 3.66. The standard InChI is InChI=1S/C16H19Cl2N3O5/c1-9(16(25)21(2)3)26-14(23)8-19-13(22)7-20-15(24)11-5-4-10(17)6-12(11)18/h4-6,9H,7-8H2,1-3H3,(H,19,22)(H,20,24)/t9-/m0/s1. The zero-order valence-corrected chi connectivity index (χ0v) is 16.0. The second-order valence-corrected chi connectivity index (χ2v) is 6.29. The minimum atomic E-state index is -0.957. The second-order valence-electron chi connectivity index (χ2n) is 5.45. The average Bonchev–Trinajstić information content (AvgIpc) is 2.56. The number of carbonyl (C=O) groups excluding carboxylic acids is 4. The van der Waals surface area contributed by atoms with Crippen molar-refractivity contribution in [1.82, 2.24) is 15.5 Å². The van der Waals surface area contributed by atoms with Gasteiger partial charge in [-0.15, -0.1) is 0 Å². The smallest absolute Gasteiger partial charge is 0.326 e. The number of halogens is 2. The Hall–Kier alpha value is -2.32. The van der Waals surface area contributed by atoms with Gasteiger partial charge in [0.25, 0.3) is 11.8 Å². The molecule has 0 aliphatic rings. The first-order chi connectivity index (χ1) is 12.1. The van der Waals surface area contributed by atoms with E-state index in [9.17, 15) is 19.2 Å². The molecule has 0 unspecified atom stereocenters. The van der Waals surface area contributed by atoms with Crippen LogP contribution in [0.2, 0.25) is 10.0 Å². The Morgan fingerprint density at radius 2 is 1.77 bits per heavy atom. The molecular formula is C16H19Cl2N3O5. The molecule has 0 spiro atoms. The molecule has 0 aliphatic heterocycles. The predicted octanol–water partition coefficient (Wildman–Crippen LogP) is 0.859. The van der Waals surface area contributed by atoms with Crippen molar-refractivity contribution in [2.24, 2.45) is 0 Å². The highest BCUT2D eigenvalue weighted by Gasteiger charge is 2.19. The van der Waals surface area contributed by atoms with E-state index in [-0.39, 0.29) is 23.0 Å². The normalized spacial score (nSPS) is 11.3. The van der Waals surface area contributed by atoms with E-state index in [1.807, 2.05) is 0 Å². The van der Waals surface area contributed by atoms with Crippen LogP contribution in [0.4, 0.5) is 0 Å². The molecule has 0 aliphatic carbocycles. The van der Waals surface area contributed by atoms with Gasteiger partial charge in [-0.25, -0.2) is 0 Å². The van der Waals surface area contributed by atoms with Crippen molar-refractivity contribution in [1.29, 1.82) is 0 Å². The summed E-state index contributed by atoms with van der Waals surface area (Å²) < 4.78 is 4.88. The van der Waals surface area contributed by atoms with Gasteiger partial charge in [0.15, 0.2) is 6.10 Å². The molecule has 1 aromatic rings. The Balaban J connectivity index is 2.39. The third kappa shape index (κ3) is 6.89. The molecule has 1 aromatic carbocycles. The molecule has 0 heterocycles. The van der Waals surface area contributed by atoms with Crippen LogP contribution in [0.25, 0.3) is 0 Å². The maximum atomic E-state index is 12.0. The van der Waals surface area contributed by atoms with Crippen molar-refractivity contribution in [3.05, 3.63) is 33.8 Å². The van der Waals surface area contributed by atoms with Gasteiger partial charge in [0.05, 0.1) is 17.1 Å². The van der Waals surface area contributed by atoms with Crippen molar-refractivity contribution in [3.8, 4) is 0 Å². The molecule has 1 rings (SSSR count). The summed E-state index contributed by atoms with van der Waals surface area (Å²) in [7, 11) is 3.06. The summed E-state index contributed by atoms with van der Waals surface area (Å²) >= 11 is 11.6. The lowest BCUT2D eigenvalue weighted by molar-refractivity contribution is -0.157. The summed E-state index contributed by atoms with van der Waals surface area (Å²) in [6, 6.07) is 4.33. The van der Waals surface area contributed by atoms with E-state index < -0.39 is 30.4 Å². The Morgan fingerprint density at radius 3 is 2.35 bits per heavy atom. The molecule has 0 radical (unpaired) electrons. The molecule has 0 aromatic heterocycles. The van der Waals surface area contributed by atoms with Crippen LogP contribution in [-0.4, -0.2) is 61.9 Å². The van der Waals surface area contributed by atoms with Gasteiger partial charge in [0, 0.05) is 19.1 Å². The zero-order chi connectivity index (χ0) is 19.9. The van der Waals surface area contributed by atoms with Gasteiger partial charge in [-0.2, -0.15) is 0 Å². The van der Waals surface area contributed by atoms with E-state index in [0.717, 1.165) is 0 Å². The van der Waals surface area contributed by atoms with E-state index in [4.69, 9.17) is 27.9 Å². The molecule has 26 heavy (non-hydrogen) atoms. The number of ether oxygens (including phenoxy) is 1. The second kappa shape index (κ2) is 9.98. The topological polar surface area (TPSA) is 105 Å². The van der Waals surface area contributed by atoms with E-state index in [0.29, 0.717) is 5.02 Å². The van der Waals surface area contributed by atoms with Gasteiger partial charge in [-0.3, -0.25) is 19.2 Å². The molecular weight excluding hydrogens is 385 g/mol. The van der Waals surface area contributed by atoms with Crippen LogP contribution >= 0.6 is 23.2 Å². The van der Waals surface area contributed by atoms with Crippen LogP contribution < -0.4 is 10.6 Å². The number of hydrogen-bond donors (Lipinski definition) is 2. The SMILES string of the molecule is C[C@H](OC(=O)CNC(=O)CNC(=O)c1ccc(Cl)cc1Cl)C(=O)N(C)C. The monoisotopic (exact) mass is 403 g/mol. The molecule has 0 fully saturated rings. The molecule has 10 heteroatoms. The molecule has 2 N–H and O–H groups in total. The third-order valence-electron chi connectivity index (χ3n) is 3.11. The van der Waals surface area contributed by atoms with Crippen LogP contribution in [0.1, 0.15) is 17.3 Å². The number of carbonyl (C=O) groups is 4. The molecule has 8 nitrogen and oxygen atoms in total. The van der Waals surface area contributed by atoms with Gasteiger partial charge in [-0.1, -0.05) is 23.2 Å². The predicted molar refractivity (Wildman–Crippen MR) is 96.1 cm³/mol. The molecule has 142 valence electrons. The molecule has 0 saturated heterocycles. The summed E-state index contributed by atoms with van der Waals surface area (Å²) in [6.07, 6.45) is -0.957. The van der Waals surface area contributed by atoms with Crippen molar-refractivity contribution in [2.45, 2.75) is 13.0 Å². The largest absolute Gasteiger partial charge is 0.451 e. The number of benzene rings is 1. The summed E-state index contributed by atoms with van der Waals surface area (Å²) in [5.41, 5.74) is 0.166. The van der Waals surface area contributed by atoms with E-state index in [1.54, 1.807) is 0 Å². The summed E-state index contributed by atoms with van der Waals surface area (Å²) in [6.45, 7) is 0.636. The lowest BCUT2D eigenvalue weighted by Gasteiger charge is -2.17. The van der Waals surface area contributed by atoms with Crippen molar-refractivity contribution in [2.75, 3.05) is 27.2 Å². The number of esters is 1. The molecule has 0 bridgehead atoms. The first-order valence-electron chi connectivity index (χ1n) is 7.52. The molecule has 1 atom stereocenters. The highest BCUT2D eigenvalue weighted by atomic mass is 35.5. The number of nitrogens with one attached hydrogen (secondary N) is 2. The maximum Gasteiger partial charge on any atom is 0.326 e. The van der Waals surface area contributed by atoms with E-state index >= 15 is 0 Å². The molecule has 3 amide bonds. The minimum Gasteiger partial charge on any atom is -0.451 e. The van der Waals surface area contributed by atoms with Gasteiger partial charge in [-0.05, 0) is 25.1 Å². The molecule has 0 saturated carbocycles. The van der Waals surface area contributed by atoms with Crippen LogP contribution in [0.3, 0.4) is 0 Å². The van der Waals surface area contributed by atoms with Gasteiger partial charge in [0.1, 0.15) is 6.54 Å². The highest BCUT2D eigenvalue weighted by molar-refractivity contribution is 6.36. The maximum absolute atomic E-state index is 12.0. The summed E-state index contributed by atoms with van der Waals surface area (Å²) in [5.74, 6) is -2.31. The number of likely N-dealkylation sites (N-methyl/N-ethyl adjacent to an activating group) is 1. The van der Waals surface area contributed by atoms with Crippen molar-refractivity contribution >= 4 is 46.9 Å². The summed E-state index contributed by atoms with van der Waals surface area (Å²) in [4.78, 5) is 48.1. The lowest BCUT2D eigenvalue weighted by atomic mass is 10.2. The fourth-order valence-electron chi connectivity index (χ4n) is 1.82. The first kappa shape index (κ1) is 21.7. The number of amides is 3. The lowest BCUT2D eigenvalue weighted by Crippen LogP contribution is -2.41. The first-order valence-corrected chi connectivity index (χ1v) is 8.28. The van der Waals surface area contributed by atoms with Crippen LogP contribution in [0.5, 0.6) is 0 Å². The Bertz CT molecular complexity index is 709. The minimum absolute atomic E-state index is 0.151. The Morgan fingerprint density at radius 1 is 1.12 bits per heavy atom. The van der Waals surface area contributed by atoms with Crippen LogP contribution in [-0.2, 0) is 19.1 Å².